The maximum absolute atomic E-state index is 10.4. The van der Waals surface area contributed by atoms with Crippen molar-refractivity contribution in [3.05, 3.63) is 0 Å². The highest BCUT2D eigenvalue weighted by molar-refractivity contribution is 5.01. The summed E-state index contributed by atoms with van der Waals surface area (Å²) in [6.07, 6.45) is 11.3. The number of aliphatic hydroxyl groups is 1. The van der Waals surface area contributed by atoms with Crippen molar-refractivity contribution in [3.63, 3.8) is 0 Å². The van der Waals surface area contributed by atoms with Gasteiger partial charge in [-0.15, -0.1) is 0 Å². The zero-order valence-electron chi connectivity index (χ0n) is 11.6. The number of hydrogen-bond acceptors (Lipinski definition) is 3. The Labute approximate surface area is 111 Å². The molecule has 3 heteroatoms. The monoisotopic (exact) mass is 252 g/mol. The lowest BCUT2D eigenvalue weighted by atomic mass is 9.92. The van der Waals surface area contributed by atoms with E-state index in [1.165, 1.54) is 51.4 Å². The second-order valence-corrected chi connectivity index (χ2v) is 6.56. The van der Waals surface area contributed by atoms with Gasteiger partial charge in [-0.05, 0) is 45.6 Å². The summed E-state index contributed by atoms with van der Waals surface area (Å²) in [5.41, 5.74) is 0. The van der Waals surface area contributed by atoms with Crippen LogP contribution in [0.15, 0.2) is 0 Å². The number of nitrogens with one attached hydrogen (secondary N) is 1. The van der Waals surface area contributed by atoms with Gasteiger partial charge in [0.1, 0.15) is 0 Å². The Balaban J connectivity index is 1.72. The van der Waals surface area contributed by atoms with Crippen molar-refractivity contribution in [3.8, 4) is 0 Å². The third-order valence-corrected chi connectivity index (χ3v) is 5.52. The van der Waals surface area contributed by atoms with Crippen molar-refractivity contribution in [2.24, 2.45) is 0 Å². The normalized spacial score (nSPS) is 46.0. The summed E-state index contributed by atoms with van der Waals surface area (Å²) in [4.78, 5) is 2.73. The van der Waals surface area contributed by atoms with Gasteiger partial charge in [-0.2, -0.15) is 0 Å². The second-order valence-electron chi connectivity index (χ2n) is 6.56. The van der Waals surface area contributed by atoms with Gasteiger partial charge < -0.3 is 10.4 Å². The van der Waals surface area contributed by atoms with Crippen molar-refractivity contribution >= 4 is 0 Å². The van der Waals surface area contributed by atoms with Crippen molar-refractivity contribution in [2.45, 2.75) is 88.1 Å². The predicted molar refractivity (Wildman–Crippen MR) is 73.6 cm³/mol. The van der Waals surface area contributed by atoms with Gasteiger partial charge in [0.15, 0.2) is 0 Å². The van der Waals surface area contributed by atoms with Gasteiger partial charge in [-0.1, -0.05) is 19.3 Å². The molecule has 2 aliphatic heterocycles. The minimum Gasteiger partial charge on any atom is -0.391 e. The third-order valence-electron chi connectivity index (χ3n) is 5.52. The van der Waals surface area contributed by atoms with E-state index in [1.54, 1.807) is 0 Å². The quantitative estimate of drug-likeness (QED) is 0.737. The maximum atomic E-state index is 10.4. The molecule has 3 aliphatic rings. The molecule has 2 bridgehead atoms. The minimum atomic E-state index is -0.0678. The lowest BCUT2D eigenvalue weighted by molar-refractivity contribution is -0.00722. The molecule has 1 aliphatic carbocycles. The smallest absolute Gasteiger partial charge is 0.0695 e. The zero-order valence-corrected chi connectivity index (χ0v) is 11.6. The highest BCUT2D eigenvalue weighted by Gasteiger charge is 2.45. The zero-order chi connectivity index (χ0) is 12.5. The molecule has 18 heavy (non-hydrogen) atoms. The van der Waals surface area contributed by atoms with Gasteiger partial charge >= 0.3 is 0 Å². The molecule has 2 heterocycles. The molecule has 3 fully saturated rings. The Bertz CT molecular complexity index is 270. The summed E-state index contributed by atoms with van der Waals surface area (Å²) in [6, 6.07) is 2.64. The van der Waals surface area contributed by atoms with E-state index in [-0.39, 0.29) is 6.10 Å². The first-order chi connectivity index (χ1) is 8.79. The molecule has 0 amide bonds. The van der Waals surface area contributed by atoms with Gasteiger partial charge in [-0.3, -0.25) is 4.90 Å². The molecular weight excluding hydrogens is 224 g/mol. The second kappa shape index (κ2) is 5.48. The largest absolute Gasteiger partial charge is 0.391 e. The van der Waals surface area contributed by atoms with Gasteiger partial charge in [0, 0.05) is 24.2 Å². The molecule has 3 nitrogen and oxygen atoms in total. The maximum Gasteiger partial charge on any atom is 0.0695 e. The van der Waals surface area contributed by atoms with Crippen molar-refractivity contribution in [1.29, 1.82) is 0 Å². The predicted octanol–water partition coefficient (Wildman–Crippen LogP) is 1.89. The molecule has 2 saturated heterocycles. The standard InChI is InChI=1S/C15H28N2O/c1-16-11-9-12-7-8-13(10-11)17(12)14-5-3-2-4-6-15(14)18/h11-16,18H,2-10H2,1H3. The van der Waals surface area contributed by atoms with E-state index in [2.05, 4.69) is 17.3 Å². The molecule has 3 rings (SSSR count). The van der Waals surface area contributed by atoms with E-state index in [0.29, 0.717) is 12.1 Å². The van der Waals surface area contributed by atoms with Crippen LogP contribution in [0.25, 0.3) is 0 Å². The molecule has 4 atom stereocenters. The molecule has 1 saturated carbocycles. The van der Waals surface area contributed by atoms with E-state index in [1.807, 2.05) is 0 Å². The lowest BCUT2D eigenvalue weighted by Gasteiger charge is -2.45. The molecule has 4 unspecified atom stereocenters. The fourth-order valence-corrected chi connectivity index (χ4v) is 4.61. The summed E-state index contributed by atoms with van der Waals surface area (Å²) in [5, 5.41) is 13.9. The van der Waals surface area contributed by atoms with E-state index < -0.39 is 0 Å². The Morgan fingerprint density at radius 1 is 0.944 bits per heavy atom. The molecule has 104 valence electrons. The fraction of sp³-hybridized carbons (Fsp3) is 1.00. The molecule has 0 aromatic heterocycles. The highest BCUT2D eigenvalue weighted by atomic mass is 16.3. The van der Waals surface area contributed by atoms with Crippen LogP contribution in [-0.2, 0) is 0 Å². The van der Waals surface area contributed by atoms with Crippen LogP contribution in [0.3, 0.4) is 0 Å². The minimum absolute atomic E-state index is 0.0678. The van der Waals surface area contributed by atoms with Crippen LogP contribution in [-0.4, -0.2) is 47.3 Å². The fourth-order valence-electron chi connectivity index (χ4n) is 4.61. The van der Waals surface area contributed by atoms with Crippen LogP contribution >= 0.6 is 0 Å². The van der Waals surface area contributed by atoms with Crippen LogP contribution in [0.1, 0.15) is 57.8 Å². The number of fused-ring (bicyclic) bond motifs is 2. The molecule has 0 aromatic carbocycles. The van der Waals surface area contributed by atoms with Crippen molar-refractivity contribution in [1.82, 2.24) is 10.2 Å². The van der Waals surface area contributed by atoms with Gasteiger partial charge in [0.25, 0.3) is 0 Å². The Kier molecular flexibility index (Phi) is 3.92. The van der Waals surface area contributed by atoms with Gasteiger partial charge in [0.2, 0.25) is 0 Å². The molecular formula is C15H28N2O. The number of rotatable bonds is 2. The average Bonchev–Trinajstić information content (AvgIpc) is 2.59. The van der Waals surface area contributed by atoms with E-state index in [4.69, 9.17) is 0 Å². The summed E-state index contributed by atoms with van der Waals surface area (Å²) in [5.74, 6) is 0. The molecule has 0 spiro atoms. The number of aliphatic hydroxyl groups excluding tert-OH is 1. The first kappa shape index (κ1) is 12.9. The highest BCUT2D eigenvalue weighted by Crippen LogP contribution is 2.40. The summed E-state index contributed by atoms with van der Waals surface area (Å²) < 4.78 is 0. The Morgan fingerprint density at radius 2 is 1.61 bits per heavy atom. The van der Waals surface area contributed by atoms with Crippen LogP contribution in [0, 0.1) is 0 Å². The Morgan fingerprint density at radius 3 is 2.28 bits per heavy atom. The van der Waals surface area contributed by atoms with Gasteiger partial charge in [0.05, 0.1) is 6.10 Å². The lowest BCUT2D eigenvalue weighted by Crippen LogP contribution is -2.55. The van der Waals surface area contributed by atoms with Crippen LogP contribution in [0.5, 0.6) is 0 Å². The average molecular weight is 252 g/mol. The van der Waals surface area contributed by atoms with E-state index in [0.717, 1.165) is 18.5 Å². The van der Waals surface area contributed by atoms with Crippen LogP contribution in [0.4, 0.5) is 0 Å². The first-order valence-corrected chi connectivity index (χ1v) is 7.92. The first-order valence-electron chi connectivity index (χ1n) is 7.92. The molecule has 0 aromatic rings. The summed E-state index contributed by atoms with van der Waals surface area (Å²) in [6.45, 7) is 0. The number of piperidine rings is 1. The Hall–Kier alpha value is -0.120. The number of nitrogens with zero attached hydrogens (tertiary/aromatic N) is 1. The van der Waals surface area contributed by atoms with E-state index in [9.17, 15) is 5.11 Å². The van der Waals surface area contributed by atoms with Crippen LogP contribution < -0.4 is 5.32 Å². The van der Waals surface area contributed by atoms with Crippen LogP contribution in [0.2, 0.25) is 0 Å². The third kappa shape index (κ3) is 2.33. The molecule has 0 radical (unpaired) electrons. The summed E-state index contributed by atoms with van der Waals surface area (Å²) >= 11 is 0. The van der Waals surface area contributed by atoms with Crippen molar-refractivity contribution < 1.29 is 5.11 Å². The molecule has 2 N–H and O–H groups in total. The SMILES string of the molecule is CNC1CC2CCC(C1)N2C1CCCCCC1O. The topological polar surface area (TPSA) is 35.5 Å². The van der Waals surface area contributed by atoms with Crippen molar-refractivity contribution in [2.75, 3.05) is 7.05 Å². The van der Waals surface area contributed by atoms with Gasteiger partial charge in [-0.25, -0.2) is 0 Å². The number of hydrogen-bond donors (Lipinski definition) is 2. The van der Waals surface area contributed by atoms with E-state index >= 15 is 0 Å². The summed E-state index contributed by atoms with van der Waals surface area (Å²) in [7, 11) is 2.10.